The zero-order valence-corrected chi connectivity index (χ0v) is 40.0. The molecule has 0 bridgehead atoms. The van der Waals surface area contributed by atoms with E-state index in [1.54, 1.807) is 0 Å². The normalized spacial score (nSPS) is 13.8. The molecule has 7 heteroatoms. The Bertz CT molecular complexity index is 3520. The average molecular weight is 877 g/mol. The molecule has 0 fully saturated rings. The van der Waals surface area contributed by atoms with E-state index in [9.17, 15) is 0 Å². The Morgan fingerprint density at radius 3 is 1.21 bits per heavy atom. The minimum atomic E-state index is -1.94. The second-order valence-corrected chi connectivity index (χ2v) is 31.9. The Kier molecular flexibility index (Phi) is 7.92. The first-order chi connectivity index (χ1) is 30.5. The van der Waals surface area contributed by atoms with Crippen molar-refractivity contribution in [1.82, 2.24) is 0 Å². The third-order valence-electron chi connectivity index (χ3n) is 13.8. The molecule has 2 nitrogen and oxygen atoms in total. The first kappa shape index (κ1) is 37.6. The van der Waals surface area contributed by atoms with Gasteiger partial charge in [-0.15, -0.1) is 22.7 Å². The summed E-state index contributed by atoms with van der Waals surface area (Å²) in [5.74, 6) is 0. The molecule has 2 aliphatic rings. The highest BCUT2D eigenvalue weighted by Crippen LogP contribution is 2.48. The van der Waals surface area contributed by atoms with Crippen molar-refractivity contribution in [2.45, 2.75) is 39.3 Å². The Hall–Kier alpha value is -5.96. The van der Waals surface area contributed by atoms with Gasteiger partial charge >= 0.3 is 0 Å². The summed E-state index contributed by atoms with van der Waals surface area (Å²) in [6.07, 6.45) is 0. The summed E-state index contributed by atoms with van der Waals surface area (Å²) in [5, 5.41) is 13.8. The summed E-state index contributed by atoms with van der Waals surface area (Å²) < 4.78 is 5.35. The number of fused-ring (bicyclic) bond motifs is 12. The molecular formula is C56H45BN2S2Si2. The molecule has 0 saturated carbocycles. The van der Waals surface area contributed by atoms with E-state index in [-0.39, 0.29) is 6.71 Å². The van der Waals surface area contributed by atoms with Gasteiger partial charge < -0.3 is 9.80 Å². The lowest BCUT2D eigenvalue weighted by Crippen LogP contribution is -2.62. The van der Waals surface area contributed by atoms with Gasteiger partial charge in [0.25, 0.3) is 6.71 Å². The van der Waals surface area contributed by atoms with Gasteiger partial charge in [-0.1, -0.05) is 155 Å². The fraction of sp³-hybridized carbons (Fsp3) is 0.107. The minimum Gasteiger partial charge on any atom is -0.311 e. The van der Waals surface area contributed by atoms with E-state index >= 15 is 0 Å². The summed E-state index contributed by atoms with van der Waals surface area (Å²) in [4.78, 5) is 5.38. The van der Waals surface area contributed by atoms with Crippen molar-refractivity contribution in [2.75, 3.05) is 9.80 Å². The highest BCUT2D eigenvalue weighted by molar-refractivity contribution is 7.26. The summed E-state index contributed by atoms with van der Waals surface area (Å²) in [6, 6.07) is 63.2. The molecule has 2 aliphatic heterocycles. The number of nitrogens with zero attached hydrogens (tertiary/aromatic N) is 2. The zero-order chi connectivity index (χ0) is 42.5. The second-order valence-electron chi connectivity index (χ2n) is 19.7. The Balaban J connectivity index is 1.20. The van der Waals surface area contributed by atoms with Gasteiger partial charge in [-0.3, -0.25) is 0 Å². The molecule has 0 saturated heterocycles. The molecule has 4 heterocycles. The van der Waals surface area contributed by atoms with Gasteiger partial charge in [0.05, 0.1) is 16.1 Å². The maximum absolute atomic E-state index is 2.69. The molecule has 9 aromatic carbocycles. The van der Waals surface area contributed by atoms with Crippen molar-refractivity contribution in [3.8, 4) is 0 Å². The molecule has 0 spiro atoms. The van der Waals surface area contributed by atoms with Gasteiger partial charge in [-0.2, -0.15) is 0 Å². The van der Waals surface area contributed by atoms with E-state index in [4.69, 9.17) is 0 Å². The lowest BCUT2D eigenvalue weighted by Gasteiger charge is -2.45. The molecule has 0 unspecified atom stereocenters. The number of hydrogen-bond donors (Lipinski definition) is 0. The molecular weight excluding hydrogens is 832 g/mol. The monoisotopic (exact) mass is 876 g/mol. The molecule has 63 heavy (non-hydrogen) atoms. The fourth-order valence-corrected chi connectivity index (χ4v) is 17.6. The van der Waals surface area contributed by atoms with Crippen LogP contribution in [-0.2, 0) is 0 Å². The molecule has 2 aromatic heterocycles. The van der Waals surface area contributed by atoms with E-state index < -0.39 is 16.1 Å². The molecule has 0 radical (unpaired) electrons. The summed E-state index contributed by atoms with van der Waals surface area (Å²) in [7, 11) is -3.89. The van der Waals surface area contributed by atoms with E-state index in [2.05, 4.69) is 213 Å². The van der Waals surface area contributed by atoms with Crippen molar-refractivity contribution in [2.24, 2.45) is 0 Å². The predicted molar refractivity (Wildman–Crippen MR) is 287 cm³/mol. The lowest BCUT2D eigenvalue weighted by atomic mass is 9.33. The largest absolute Gasteiger partial charge is 0.311 e. The van der Waals surface area contributed by atoms with Gasteiger partial charge in [0, 0.05) is 63.7 Å². The quantitative estimate of drug-likeness (QED) is 0.163. The molecule has 13 rings (SSSR count). The maximum atomic E-state index is 2.69. The number of anilines is 6. The van der Waals surface area contributed by atoms with Crippen LogP contribution in [0.15, 0.2) is 164 Å². The highest BCUT2D eigenvalue weighted by atomic mass is 32.1. The summed E-state index contributed by atoms with van der Waals surface area (Å²) in [5.41, 5.74) is 11.9. The van der Waals surface area contributed by atoms with Crippen LogP contribution >= 0.6 is 22.7 Å². The van der Waals surface area contributed by atoms with Crippen LogP contribution < -0.4 is 36.6 Å². The van der Waals surface area contributed by atoms with Crippen LogP contribution in [0.2, 0.25) is 39.3 Å². The van der Waals surface area contributed by atoms with Crippen LogP contribution in [0.3, 0.4) is 0 Å². The lowest BCUT2D eigenvalue weighted by molar-refractivity contribution is 1.27. The van der Waals surface area contributed by atoms with Gasteiger partial charge in [0.1, 0.15) is 0 Å². The number of benzene rings is 9. The maximum Gasteiger partial charge on any atom is 0.252 e. The molecule has 11 aromatic rings. The first-order valence-corrected chi connectivity index (χ1v) is 30.8. The van der Waals surface area contributed by atoms with E-state index in [1.807, 2.05) is 22.7 Å². The van der Waals surface area contributed by atoms with Crippen LogP contribution in [0.25, 0.3) is 61.9 Å². The minimum absolute atomic E-state index is 0.0198. The number of thiophene rings is 2. The van der Waals surface area contributed by atoms with E-state index in [1.165, 1.54) is 123 Å². The second kappa shape index (κ2) is 13.3. The van der Waals surface area contributed by atoms with Crippen molar-refractivity contribution in [1.29, 1.82) is 0 Å². The van der Waals surface area contributed by atoms with E-state index in [0.29, 0.717) is 0 Å². The van der Waals surface area contributed by atoms with Crippen LogP contribution in [-0.4, -0.2) is 22.9 Å². The fourth-order valence-electron chi connectivity index (χ4n) is 11.4. The van der Waals surface area contributed by atoms with Crippen molar-refractivity contribution >= 4 is 168 Å². The van der Waals surface area contributed by atoms with Crippen molar-refractivity contribution in [3.05, 3.63) is 164 Å². The van der Waals surface area contributed by atoms with Crippen LogP contribution in [0, 0.1) is 0 Å². The summed E-state index contributed by atoms with van der Waals surface area (Å²) >= 11 is 3.85. The smallest absolute Gasteiger partial charge is 0.252 e. The number of rotatable bonds is 4. The molecule has 0 atom stereocenters. The average Bonchev–Trinajstić information content (AvgIpc) is 3.83. The van der Waals surface area contributed by atoms with Gasteiger partial charge in [0.2, 0.25) is 0 Å². The Morgan fingerprint density at radius 2 is 0.762 bits per heavy atom. The predicted octanol–water partition coefficient (Wildman–Crippen LogP) is 13.9. The van der Waals surface area contributed by atoms with Crippen LogP contribution in [0.5, 0.6) is 0 Å². The van der Waals surface area contributed by atoms with Crippen LogP contribution in [0.1, 0.15) is 0 Å². The molecule has 0 aliphatic carbocycles. The van der Waals surface area contributed by atoms with Crippen molar-refractivity contribution in [3.63, 3.8) is 0 Å². The molecule has 302 valence electrons. The SMILES string of the molecule is C[Si](C)(C)c1c(N2c3cc4sc5ccccc5c4cc3B3c4cc5c(cc4N(c4ccc6ccccc6c4[Si](C)(C)C)c4cccc2c43)sc2ccccc25)ccc2ccccc12. The van der Waals surface area contributed by atoms with Crippen molar-refractivity contribution < 1.29 is 0 Å². The van der Waals surface area contributed by atoms with E-state index in [0.717, 1.165) is 0 Å². The van der Waals surface area contributed by atoms with Crippen LogP contribution in [0.4, 0.5) is 34.1 Å². The standard InChI is InChI=1S/C56H45BN2S2Si2/c1-62(2,3)55-36-18-9-7-16-34(36)26-28-46(55)58-44-22-15-23-45-54(44)57(42-30-40-38-20-11-13-24-50(38)60-52(40)32-48(42)58)43-31-41-39-21-12-14-25-51(39)61-53(41)33-49(43)59(45)47-29-27-35-17-8-10-19-37(35)56(47)63(4,5)6/h7-33H,1-6H3. The van der Waals surface area contributed by atoms with Gasteiger partial charge in [0.15, 0.2) is 0 Å². The highest BCUT2D eigenvalue weighted by Gasteiger charge is 2.45. The van der Waals surface area contributed by atoms with Gasteiger partial charge in [-0.25, -0.2) is 0 Å². The third-order valence-corrected chi connectivity index (χ3v) is 20.1. The van der Waals surface area contributed by atoms with Gasteiger partial charge in [-0.05, 0) is 108 Å². The Morgan fingerprint density at radius 1 is 0.349 bits per heavy atom. The summed E-state index contributed by atoms with van der Waals surface area (Å²) in [6.45, 7) is 15.1. The molecule has 0 amide bonds. The molecule has 0 N–H and O–H groups in total. The topological polar surface area (TPSA) is 6.48 Å². The zero-order valence-electron chi connectivity index (χ0n) is 36.4. The number of hydrogen-bond acceptors (Lipinski definition) is 4. The third kappa shape index (κ3) is 5.40. The Labute approximate surface area is 378 Å². The first-order valence-electron chi connectivity index (χ1n) is 22.2.